The van der Waals surface area contributed by atoms with Gasteiger partial charge in [-0.1, -0.05) is 18.2 Å². The summed E-state index contributed by atoms with van der Waals surface area (Å²) in [6.07, 6.45) is 3.17. The molecule has 3 heterocycles. The van der Waals surface area contributed by atoms with E-state index < -0.39 is 18.1 Å². The number of para-hydroxylation sites is 1. The minimum atomic E-state index is -1.22. The molecule has 0 radical (unpaired) electrons. The van der Waals surface area contributed by atoms with E-state index in [-0.39, 0.29) is 35.3 Å². The second-order valence-electron chi connectivity index (χ2n) is 7.83. The van der Waals surface area contributed by atoms with Gasteiger partial charge in [0.15, 0.2) is 0 Å². The molecule has 2 saturated heterocycles. The van der Waals surface area contributed by atoms with Crippen LogP contribution in [0.25, 0.3) is 10.9 Å². The molecule has 0 unspecified atom stereocenters. The number of piperidine rings is 1. The summed E-state index contributed by atoms with van der Waals surface area (Å²) in [5.74, 6) is -2.06. The topological polar surface area (TPSA) is 134 Å². The van der Waals surface area contributed by atoms with Crippen molar-refractivity contribution in [2.45, 2.75) is 37.4 Å². The number of piperazine rings is 1. The first-order chi connectivity index (χ1) is 14.9. The lowest BCUT2D eigenvalue weighted by molar-refractivity contribution is -0.301. The number of hydrogen-bond donors (Lipinski definition) is 3. The summed E-state index contributed by atoms with van der Waals surface area (Å²) in [7, 11) is 0. The first-order valence-electron chi connectivity index (χ1n) is 10.1. The van der Waals surface area contributed by atoms with Crippen LogP contribution in [0.15, 0.2) is 30.5 Å². The fraction of sp³-hybridized carbons (Fsp3) is 0.429. The molecule has 0 bridgehead atoms. The summed E-state index contributed by atoms with van der Waals surface area (Å²) in [5.41, 5.74) is 1.96. The highest BCUT2D eigenvalue weighted by Crippen LogP contribution is 2.25. The average Bonchev–Trinajstić information content (AvgIpc) is 3.14. The van der Waals surface area contributed by atoms with Crippen molar-refractivity contribution in [1.82, 2.24) is 20.5 Å². The second-order valence-corrected chi connectivity index (χ2v) is 8.81. The Balaban J connectivity index is 1.36. The van der Waals surface area contributed by atoms with Crippen LogP contribution >= 0.6 is 11.8 Å². The summed E-state index contributed by atoms with van der Waals surface area (Å²) >= 11 is 0.964. The van der Waals surface area contributed by atoms with Gasteiger partial charge in [0.05, 0.1) is 11.7 Å². The molecule has 3 atom stereocenters. The van der Waals surface area contributed by atoms with E-state index >= 15 is 0 Å². The number of nitrogens with zero attached hydrogens (tertiary/aromatic N) is 1. The van der Waals surface area contributed by atoms with E-state index in [0.29, 0.717) is 25.8 Å². The molecule has 4 rings (SSSR count). The molecule has 3 amide bonds. The Hall–Kier alpha value is -3.01. The van der Waals surface area contributed by atoms with Gasteiger partial charge in [-0.2, -0.15) is 0 Å². The highest BCUT2D eigenvalue weighted by atomic mass is 32.2. The van der Waals surface area contributed by atoms with Crippen molar-refractivity contribution in [3.05, 3.63) is 36.0 Å². The second kappa shape index (κ2) is 9.01. The first kappa shape index (κ1) is 21.2. The number of carboxylic acid groups (broad SMARTS) is 1. The van der Waals surface area contributed by atoms with Crippen molar-refractivity contribution in [2.24, 2.45) is 0 Å². The number of aromatic amines is 1. The third-order valence-corrected chi connectivity index (χ3v) is 6.63. The van der Waals surface area contributed by atoms with E-state index in [2.05, 4.69) is 15.6 Å². The van der Waals surface area contributed by atoms with Crippen LogP contribution < -0.4 is 15.7 Å². The minimum Gasteiger partial charge on any atom is -0.549 e. The van der Waals surface area contributed by atoms with Crippen LogP contribution in [-0.2, 0) is 25.6 Å². The fourth-order valence-corrected chi connectivity index (χ4v) is 4.83. The molecule has 2 fully saturated rings. The molecule has 31 heavy (non-hydrogen) atoms. The van der Waals surface area contributed by atoms with E-state index in [0.717, 1.165) is 28.2 Å². The van der Waals surface area contributed by atoms with Crippen LogP contribution in [0.3, 0.4) is 0 Å². The molecule has 3 N–H and O–H groups in total. The normalized spacial score (nSPS) is 23.4. The van der Waals surface area contributed by atoms with Gasteiger partial charge in [-0.15, -0.1) is 11.8 Å². The molecule has 1 aromatic carbocycles. The Morgan fingerprint density at radius 2 is 2.03 bits per heavy atom. The number of fused-ring (bicyclic) bond motifs is 2. The fourth-order valence-electron chi connectivity index (χ4n) is 4.29. The van der Waals surface area contributed by atoms with Gasteiger partial charge >= 0.3 is 0 Å². The standard InChI is InChI=1S/C21H24N4O5S/c26-18(10-31-11-19(27)28)23-13-5-6-25-17(8-13)20(29)24-16(21(25)30)7-12-9-22-15-4-2-1-3-14(12)15/h1-4,9,13,16-17,22H,5-8,10-11H2,(H,23,26)(H,24,29)(H,27,28)/p-1/t13-,16+,17-/m0/s1. The van der Waals surface area contributed by atoms with E-state index in [9.17, 15) is 24.3 Å². The number of hydrogen-bond acceptors (Lipinski definition) is 6. The summed E-state index contributed by atoms with van der Waals surface area (Å²) in [6, 6.07) is 6.36. The maximum Gasteiger partial charge on any atom is 0.246 e. The van der Waals surface area contributed by atoms with E-state index in [1.54, 1.807) is 4.90 Å². The molecule has 2 aromatic rings. The van der Waals surface area contributed by atoms with Crippen molar-refractivity contribution in [2.75, 3.05) is 18.1 Å². The number of carbonyl (C=O) groups is 4. The Bertz CT molecular complexity index is 1020. The smallest absolute Gasteiger partial charge is 0.246 e. The van der Waals surface area contributed by atoms with Gasteiger partial charge < -0.3 is 30.4 Å². The highest BCUT2D eigenvalue weighted by Gasteiger charge is 2.44. The Morgan fingerprint density at radius 1 is 1.23 bits per heavy atom. The number of H-pyrrole nitrogens is 1. The molecular weight excluding hydrogens is 420 g/mol. The SMILES string of the molecule is O=C([O-])CSCC(=O)N[C@H]1CCN2C(=O)[C@@H](Cc3c[nH]c4ccccc34)NC(=O)[C@@H]2C1. The molecule has 9 nitrogen and oxygen atoms in total. The van der Waals surface area contributed by atoms with E-state index in [1.807, 2.05) is 30.5 Å². The number of carboxylic acids is 1. The maximum atomic E-state index is 13.1. The van der Waals surface area contributed by atoms with Gasteiger partial charge in [0.1, 0.15) is 12.1 Å². The summed E-state index contributed by atoms with van der Waals surface area (Å²) < 4.78 is 0. The van der Waals surface area contributed by atoms with Crippen LogP contribution in [-0.4, -0.2) is 69.8 Å². The minimum absolute atomic E-state index is 0.0106. The third-order valence-electron chi connectivity index (χ3n) is 5.72. The van der Waals surface area contributed by atoms with Gasteiger partial charge in [-0.25, -0.2) is 0 Å². The molecule has 0 spiro atoms. The molecular formula is C21H23N4O5S-. The molecule has 10 heteroatoms. The van der Waals surface area contributed by atoms with Gasteiger partial charge in [0.25, 0.3) is 0 Å². The number of aromatic nitrogens is 1. The number of thioether (sulfide) groups is 1. The van der Waals surface area contributed by atoms with Crippen LogP contribution in [0.4, 0.5) is 0 Å². The zero-order valence-electron chi connectivity index (χ0n) is 16.8. The van der Waals surface area contributed by atoms with Gasteiger partial charge in [0, 0.05) is 41.9 Å². The zero-order valence-corrected chi connectivity index (χ0v) is 17.6. The van der Waals surface area contributed by atoms with E-state index in [1.165, 1.54) is 0 Å². The monoisotopic (exact) mass is 443 g/mol. The number of benzene rings is 1. The molecule has 2 aliphatic heterocycles. The number of carbonyl (C=O) groups excluding carboxylic acids is 4. The summed E-state index contributed by atoms with van der Waals surface area (Å²) in [5, 5.41) is 17.2. The highest BCUT2D eigenvalue weighted by molar-refractivity contribution is 8.00. The van der Waals surface area contributed by atoms with Crippen molar-refractivity contribution in [1.29, 1.82) is 0 Å². The van der Waals surface area contributed by atoms with Crippen LogP contribution in [0, 0.1) is 0 Å². The number of rotatable bonds is 7. The molecule has 0 aliphatic carbocycles. The van der Waals surface area contributed by atoms with Crippen molar-refractivity contribution in [3.63, 3.8) is 0 Å². The molecule has 0 saturated carbocycles. The first-order valence-corrected chi connectivity index (χ1v) is 11.3. The number of nitrogens with one attached hydrogen (secondary N) is 3. The lowest BCUT2D eigenvalue weighted by Gasteiger charge is -2.44. The Labute approximate surface area is 182 Å². The van der Waals surface area contributed by atoms with Gasteiger partial charge in [-0.3, -0.25) is 14.4 Å². The maximum absolute atomic E-state index is 13.1. The van der Waals surface area contributed by atoms with Gasteiger partial charge in [-0.05, 0) is 24.5 Å². The lowest BCUT2D eigenvalue weighted by Crippen LogP contribution is -2.67. The Morgan fingerprint density at radius 3 is 2.84 bits per heavy atom. The number of aliphatic carboxylic acids is 1. The summed E-state index contributed by atoms with van der Waals surface area (Å²) in [4.78, 5) is 53.1. The quantitative estimate of drug-likeness (QED) is 0.511. The van der Waals surface area contributed by atoms with Gasteiger partial charge in [0.2, 0.25) is 17.7 Å². The van der Waals surface area contributed by atoms with Crippen LogP contribution in [0.1, 0.15) is 18.4 Å². The summed E-state index contributed by atoms with van der Waals surface area (Å²) in [6.45, 7) is 0.387. The third kappa shape index (κ3) is 4.68. The average molecular weight is 444 g/mol. The Kier molecular flexibility index (Phi) is 6.17. The van der Waals surface area contributed by atoms with Crippen LogP contribution in [0.5, 0.6) is 0 Å². The molecule has 2 aliphatic rings. The predicted octanol–water partition coefficient (Wildman–Crippen LogP) is -0.832. The number of amides is 3. The molecule has 164 valence electrons. The van der Waals surface area contributed by atoms with Crippen molar-refractivity contribution >= 4 is 46.4 Å². The lowest BCUT2D eigenvalue weighted by atomic mass is 9.91. The van der Waals surface area contributed by atoms with Crippen molar-refractivity contribution < 1.29 is 24.3 Å². The largest absolute Gasteiger partial charge is 0.549 e. The zero-order chi connectivity index (χ0) is 22.0. The predicted molar refractivity (Wildman–Crippen MR) is 113 cm³/mol. The van der Waals surface area contributed by atoms with Crippen LogP contribution in [0.2, 0.25) is 0 Å². The van der Waals surface area contributed by atoms with E-state index in [4.69, 9.17) is 0 Å². The molecule has 1 aromatic heterocycles. The van der Waals surface area contributed by atoms with Crippen molar-refractivity contribution in [3.8, 4) is 0 Å².